The van der Waals surface area contributed by atoms with Crippen molar-refractivity contribution in [1.82, 2.24) is 0 Å². The number of aliphatic imine (C=N–C) groups is 1. The Morgan fingerprint density at radius 1 is 1.22 bits per heavy atom. The van der Waals surface area contributed by atoms with Crippen LogP contribution < -0.4 is 4.74 Å². The molecule has 0 aliphatic carbocycles. The number of aromatic hydroxyl groups is 2. The molecule has 2 N–H and O–H groups in total. The number of hydrogen-bond acceptors (Lipinski definition) is 4. The van der Waals surface area contributed by atoms with Gasteiger partial charge in [0.05, 0.1) is 12.7 Å². The summed E-state index contributed by atoms with van der Waals surface area (Å²) in [6.07, 6.45) is 3.43. The maximum Gasteiger partial charge on any atom is 0.167 e. The van der Waals surface area contributed by atoms with Gasteiger partial charge in [-0.15, -0.1) is 0 Å². The van der Waals surface area contributed by atoms with Crippen LogP contribution in [0.15, 0.2) is 38.2 Å². The fourth-order valence-corrected chi connectivity index (χ4v) is 2.96. The number of aryl methyl sites for hydroxylation is 1. The molecule has 6 heteroatoms. The summed E-state index contributed by atoms with van der Waals surface area (Å²) in [5.74, 6) is 0.416. The van der Waals surface area contributed by atoms with E-state index in [2.05, 4.69) is 43.8 Å². The highest BCUT2D eigenvalue weighted by atomic mass is 79.9. The molecule has 23 heavy (non-hydrogen) atoms. The third-order valence-corrected chi connectivity index (χ3v) is 5.34. The lowest BCUT2D eigenvalue weighted by molar-refractivity contribution is 0.372. The number of hydrogen-bond donors (Lipinski definition) is 2. The molecule has 0 saturated carbocycles. The highest BCUT2D eigenvalue weighted by Gasteiger charge is 2.14. The summed E-state index contributed by atoms with van der Waals surface area (Å²) in [6, 6.07) is 7.02. The van der Waals surface area contributed by atoms with Crippen molar-refractivity contribution in [2.45, 2.75) is 19.8 Å². The maximum atomic E-state index is 10.3. The molecule has 4 nitrogen and oxygen atoms in total. The summed E-state index contributed by atoms with van der Waals surface area (Å²) in [5, 5.41) is 20.2. The minimum atomic E-state index is -0.0180. The van der Waals surface area contributed by atoms with E-state index < -0.39 is 0 Å². The molecule has 2 aromatic carbocycles. The van der Waals surface area contributed by atoms with Crippen LogP contribution in [0.5, 0.6) is 17.2 Å². The predicted molar refractivity (Wildman–Crippen MR) is 99.4 cm³/mol. The van der Waals surface area contributed by atoms with E-state index in [0.717, 1.165) is 22.9 Å². The zero-order valence-corrected chi connectivity index (χ0v) is 16.0. The van der Waals surface area contributed by atoms with Crippen LogP contribution >= 0.6 is 31.9 Å². The van der Waals surface area contributed by atoms with E-state index in [-0.39, 0.29) is 11.5 Å². The van der Waals surface area contributed by atoms with Gasteiger partial charge >= 0.3 is 0 Å². The van der Waals surface area contributed by atoms with E-state index in [4.69, 9.17) is 4.74 Å². The van der Waals surface area contributed by atoms with Gasteiger partial charge in [-0.05, 0) is 62.0 Å². The molecular weight excluding hydrogens is 426 g/mol. The average Bonchev–Trinajstić information content (AvgIpc) is 2.53. The van der Waals surface area contributed by atoms with Gasteiger partial charge in [-0.25, -0.2) is 0 Å². The maximum absolute atomic E-state index is 10.3. The van der Waals surface area contributed by atoms with Gasteiger partial charge in [0.25, 0.3) is 0 Å². The van der Waals surface area contributed by atoms with E-state index in [1.807, 2.05) is 12.1 Å². The minimum Gasteiger partial charge on any atom is -0.506 e. The van der Waals surface area contributed by atoms with E-state index in [1.165, 1.54) is 13.3 Å². The normalized spacial score (nSPS) is 11.1. The van der Waals surface area contributed by atoms with Crippen molar-refractivity contribution in [2.24, 2.45) is 4.99 Å². The summed E-state index contributed by atoms with van der Waals surface area (Å²) in [5.41, 5.74) is 2.03. The van der Waals surface area contributed by atoms with Crippen molar-refractivity contribution < 1.29 is 14.9 Å². The molecule has 0 atom stereocenters. The number of ether oxygens (including phenoxy) is 1. The Bertz CT molecular complexity index is 745. The quantitative estimate of drug-likeness (QED) is 0.614. The van der Waals surface area contributed by atoms with Crippen molar-refractivity contribution in [1.29, 1.82) is 0 Å². The first-order valence-electron chi connectivity index (χ1n) is 7.08. The summed E-state index contributed by atoms with van der Waals surface area (Å²) >= 11 is 6.81. The molecule has 0 saturated heterocycles. The van der Waals surface area contributed by atoms with Gasteiger partial charge in [0.1, 0.15) is 11.4 Å². The standard InChI is InChI=1S/C17H17Br2NO3/c1-3-4-10-5-6-14(21)13(7-10)20-9-11-16(19)12(18)8-15(23-2)17(11)22/h5-9,21-22H,3-4H2,1-2H3. The number of rotatable bonds is 5. The lowest BCUT2D eigenvalue weighted by Crippen LogP contribution is -1.92. The Balaban J connectivity index is 2.45. The number of methoxy groups -OCH3 is 1. The first-order valence-corrected chi connectivity index (χ1v) is 8.67. The van der Waals surface area contributed by atoms with Gasteiger partial charge in [0.2, 0.25) is 0 Å². The zero-order valence-electron chi connectivity index (χ0n) is 12.8. The van der Waals surface area contributed by atoms with Crippen molar-refractivity contribution in [3.05, 3.63) is 44.3 Å². The monoisotopic (exact) mass is 441 g/mol. The van der Waals surface area contributed by atoms with E-state index in [1.54, 1.807) is 12.1 Å². The molecule has 2 aromatic rings. The molecule has 0 aromatic heterocycles. The average molecular weight is 443 g/mol. The highest BCUT2D eigenvalue weighted by Crippen LogP contribution is 2.40. The highest BCUT2D eigenvalue weighted by molar-refractivity contribution is 9.13. The molecule has 122 valence electrons. The van der Waals surface area contributed by atoms with Crippen molar-refractivity contribution in [3.8, 4) is 17.2 Å². The summed E-state index contributed by atoms with van der Waals surface area (Å²) in [7, 11) is 1.48. The smallest absolute Gasteiger partial charge is 0.167 e. The van der Waals surface area contributed by atoms with Crippen LogP contribution in [0.25, 0.3) is 0 Å². The molecule has 0 unspecified atom stereocenters. The number of phenols is 2. The number of halogens is 2. The molecule has 0 aliphatic rings. The van der Waals surface area contributed by atoms with E-state index >= 15 is 0 Å². The Hall–Kier alpha value is -1.53. The SMILES string of the molecule is CCCc1ccc(O)c(N=Cc2c(O)c(OC)cc(Br)c2Br)c1. The van der Waals surface area contributed by atoms with Gasteiger partial charge in [-0.2, -0.15) is 0 Å². The Kier molecular flexibility index (Phi) is 6.07. The Morgan fingerprint density at radius 2 is 1.96 bits per heavy atom. The van der Waals surface area contributed by atoms with Crippen LogP contribution in [0.2, 0.25) is 0 Å². The molecule has 2 rings (SSSR count). The number of nitrogens with zero attached hydrogens (tertiary/aromatic N) is 1. The minimum absolute atomic E-state index is 0.0180. The topological polar surface area (TPSA) is 62.1 Å². The van der Waals surface area contributed by atoms with Gasteiger partial charge in [-0.1, -0.05) is 19.4 Å². The van der Waals surface area contributed by atoms with Crippen LogP contribution in [0.1, 0.15) is 24.5 Å². The first-order chi connectivity index (χ1) is 11.0. The van der Waals surface area contributed by atoms with E-state index in [0.29, 0.717) is 21.5 Å². The van der Waals surface area contributed by atoms with Crippen LogP contribution in [-0.2, 0) is 6.42 Å². The van der Waals surface area contributed by atoms with E-state index in [9.17, 15) is 10.2 Å². The second kappa shape index (κ2) is 7.84. The Labute approximate surface area is 152 Å². The largest absolute Gasteiger partial charge is 0.506 e. The second-order valence-electron chi connectivity index (χ2n) is 4.97. The lowest BCUT2D eigenvalue weighted by atomic mass is 10.1. The molecule has 0 aliphatic heterocycles. The molecule has 0 spiro atoms. The van der Waals surface area contributed by atoms with Crippen LogP contribution in [0.4, 0.5) is 5.69 Å². The fourth-order valence-electron chi connectivity index (χ4n) is 2.14. The van der Waals surface area contributed by atoms with Gasteiger partial charge in [0.15, 0.2) is 11.5 Å². The predicted octanol–water partition coefficient (Wildman–Crippen LogP) is 5.33. The molecular formula is C17H17Br2NO3. The Morgan fingerprint density at radius 3 is 2.61 bits per heavy atom. The van der Waals surface area contributed by atoms with Gasteiger partial charge < -0.3 is 14.9 Å². The number of benzene rings is 2. The zero-order chi connectivity index (χ0) is 17.0. The molecule has 0 bridgehead atoms. The van der Waals surface area contributed by atoms with Crippen LogP contribution in [0.3, 0.4) is 0 Å². The van der Waals surface area contributed by atoms with Gasteiger partial charge in [-0.3, -0.25) is 4.99 Å². The van der Waals surface area contributed by atoms with Gasteiger partial charge in [0, 0.05) is 15.2 Å². The fraction of sp³-hybridized carbons (Fsp3) is 0.235. The lowest BCUT2D eigenvalue weighted by Gasteiger charge is -2.10. The van der Waals surface area contributed by atoms with Crippen LogP contribution in [-0.4, -0.2) is 23.5 Å². The third-order valence-electron chi connectivity index (χ3n) is 3.32. The van der Waals surface area contributed by atoms with Crippen molar-refractivity contribution in [3.63, 3.8) is 0 Å². The first kappa shape index (κ1) is 17.8. The second-order valence-corrected chi connectivity index (χ2v) is 6.62. The van der Waals surface area contributed by atoms with Crippen molar-refractivity contribution in [2.75, 3.05) is 7.11 Å². The third kappa shape index (κ3) is 4.06. The summed E-state index contributed by atoms with van der Waals surface area (Å²) in [4.78, 5) is 4.32. The molecule has 0 amide bonds. The number of phenolic OH excluding ortho intramolecular Hbond substituents is 2. The molecule has 0 fully saturated rings. The summed E-state index contributed by atoms with van der Waals surface area (Å²) in [6.45, 7) is 2.10. The van der Waals surface area contributed by atoms with Crippen LogP contribution in [0, 0.1) is 0 Å². The van der Waals surface area contributed by atoms with Crippen molar-refractivity contribution >= 4 is 43.8 Å². The molecule has 0 radical (unpaired) electrons. The molecule has 0 heterocycles. The summed E-state index contributed by atoms with van der Waals surface area (Å²) < 4.78 is 6.53.